The highest BCUT2D eigenvalue weighted by atomic mass is 16.7. The monoisotopic (exact) mass is 375 g/mol. The molecule has 0 radical (unpaired) electrons. The average Bonchev–Trinajstić information content (AvgIpc) is 3.43. The maximum absolute atomic E-state index is 13.3. The van der Waals surface area contributed by atoms with E-state index in [0.29, 0.717) is 12.3 Å². The van der Waals surface area contributed by atoms with E-state index in [1.165, 1.54) is 11.1 Å². The first-order valence-corrected chi connectivity index (χ1v) is 9.60. The number of hydrogen-bond acceptors (Lipinski definition) is 4. The van der Waals surface area contributed by atoms with Gasteiger partial charge in [-0.2, -0.15) is 0 Å². The van der Waals surface area contributed by atoms with Crippen LogP contribution in [0, 0.1) is 0 Å². The second kappa shape index (κ2) is 7.08. The van der Waals surface area contributed by atoms with Gasteiger partial charge in [-0.25, -0.2) is 0 Å². The minimum absolute atomic E-state index is 0.0213. The number of benzene rings is 2. The van der Waals surface area contributed by atoms with Gasteiger partial charge >= 0.3 is 0 Å². The molecule has 3 aromatic rings. The SMILES string of the molecule is O=C(c1ccco1)N(Cc1ccc2c(c1)OCO2)[C@@H]1CCCc2ccccc21. The van der Waals surface area contributed by atoms with E-state index < -0.39 is 0 Å². The van der Waals surface area contributed by atoms with Crippen molar-refractivity contribution in [3.05, 3.63) is 83.3 Å². The smallest absolute Gasteiger partial charge is 0.290 e. The van der Waals surface area contributed by atoms with E-state index in [2.05, 4.69) is 18.2 Å². The molecule has 5 rings (SSSR count). The molecule has 5 heteroatoms. The summed E-state index contributed by atoms with van der Waals surface area (Å²) in [7, 11) is 0. The summed E-state index contributed by atoms with van der Waals surface area (Å²) in [5.74, 6) is 1.75. The topological polar surface area (TPSA) is 51.9 Å². The zero-order chi connectivity index (χ0) is 18.9. The number of carbonyl (C=O) groups is 1. The summed E-state index contributed by atoms with van der Waals surface area (Å²) in [6, 6.07) is 17.8. The highest BCUT2D eigenvalue weighted by Gasteiger charge is 2.31. The van der Waals surface area contributed by atoms with Crippen LogP contribution in [0.5, 0.6) is 11.5 Å². The number of fused-ring (bicyclic) bond motifs is 2. The molecule has 0 bridgehead atoms. The Labute approximate surface area is 163 Å². The van der Waals surface area contributed by atoms with Crippen LogP contribution in [0.3, 0.4) is 0 Å². The Hall–Kier alpha value is -3.21. The molecular weight excluding hydrogens is 354 g/mol. The van der Waals surface area contributed by atoms with Gasteiger partial charge in [0.2, 0.25) is 6.79 Å². The van der Waals surface area contributed by atoms with Crippen LogP contribution in [0.15, 0.2) is 65.3 Å². The number of nitrogens with zero attached hydrogens (tertiary/aromatic N) is 1. The molecule has 0 fully saturated rings. The molecule has 0 saturated carbocycles. The predicted molar refractivity (Wildman–Crippen MR) is 103 cm³/mol. The third-order valence-electron chi connectivity index (χ3n) is 5.50. The van der Waals surface area contributed by atoms with Crippen molar-refractivity contribution in [2.75, 3.05) is 6.79 Å². The lowest BCUT2D eigenvalue weighted by atomic mass is 9.86. The quantitative estimate of drug-likeness (QED) is 0.662. The molecule has 0 N–H and O–H groups in total. The summed E-state index contributed by atoms with van der Waals surface area (Å²) in [6.45, 7) is 0.721. The number of aryl methyl sites for hydroxylation is 1. The van der Waals surface area contributed by atoms with Gasteiger partial charge in [-0.15, -0.1) is 0 Å². The largest absolute Gasteiger partial charge is 0.459 e. The number of ether oxygens (including phenoxy) is 2. The lowest BCUT2D eigenvalue weighted by Gasteiger charge is -2.35. The second-order valence-corrected chi connectivity index (χ2v) is 7.20. The van der Waals surface area contributed by atoms with Crippen molar-refractivity contribution < 1.29 is 18.7 Å². The molecule has 28 heavy (non-hydrogen) atoms. The standard InChI is InChI=1S/C23H21NO4/c25-23(21-9-4-12-26-21)24(14-16-10-11-20-22(13-16)28-15-27-20)19-8-3-6-17-5-1-2-7-18(17)19/h1-2,4-5,7,9-13,19H,3,6,8,14-15H2/t19-/m1/s1. The highest BCUT2D eigenvalue weighted by molar-refractivity contribution is 5.91. The summed E-state index contributed by atoms with van der Waals surface area (Å²) in [6.07, 6.45) is 4.60. The summed E-state index contributed by atoms with van der Waals surface area (Å²) >= 11 is 0. The van der Waals surface area contributed by atoms with Crippen LogP contribution in [0.4, 0.5) is 0 Å². The molecule has 1 aromatic heterocycles. The van der Waals surface area contributed by atoms with Crippen molar-refractivity contribution in [2.24, 2.45) is 0 Å². The number of furan rings is 1. The molecule has 1 amide bonds. The third kappa shape index (κ3) is 3.03. The maximum atomic E-state index is 13.3. The van der Waals surface area contributed by atoms with E-state index in [1.54, 1.807) is 18.4 Å². The number of hydrogen-bond donors (Lipinski definition) is 0. The highest BCUT2D eigenvalue weighted by Crippen LogP contribution is 2.38. The minimum atomic E-state index is -0.0932. The molecule has 1 aliphatic heterocycles. The summed E-state index contributed by atoms with van der Waals surface area (Å²) < 4.78 is 16.4. The Bertz CT molecular complexity index is 996. The Morgan fingerprint density at radius 3 is 2.82 bits per heavy atom. The molecule has 142 valence electrons. The van der Waals surface area contributed by atoms with Gasteiger partial charge < -0.3 is 18.8 Å². The van der Waals surface area contributed by atoms with Crippen molar-refractivity contribution in [3.8, 4) is 11.5 Å². The summed E-state index contributed by atoms with van der Waals surface area (Å²) in [5.41, 5.74) is 3.56. The van der Waals surface area contributed by atoms with E-state index in [1.807, 2.05) is 29.2 Å². The molecular formula is C23H21NO4. The zero-order valence-corrected chi connectivity index (χ0v) is 15.5. The molecule has 2 aromatic carbocycles. The molecule has 2 heterocycles. The van der Waals surface area contributed by atoms with E-state index in [-0.39, 0.29) is 18.7 Å². The van der Waals surface area contributed by atoms with Gasteiger partial charge in [-0.05, 0) is 60.2 Å². The van der Waals surface area contributed by atoms with Crippen molar-refractivity contribution in [1.82, 2.24) is 4.90 Å². The Morgan fingerprint density at radius 1 is 1.04 bits per heavy atom. The van der Waals surface area contributed by atoms with Crippen LogP contribution < -0.4 is 9.47 Å². The number of rotatable bonds is 4. The van der Waals surface area contributed by atoms with Gasteiger partial charge in [0.25, 0.3) is 5.91 Å². The molecule has 1 aliphatic carbocycles. The summed E-state index contributed by atoms with van der Waals surface area (Å²) in [5, 5.41) is 0. The van der Waals surface area contributed by atoms with Crippen LogP contribution in [0.1, 0.15) is 46.1 Å². The van der Waals surface area contributed by atoms with Crippen LogP contribution in [-0.2, 0) is 13.0 Å². The maximum Gasteiger partial charge on any atom is 0.290 e. The van der Waals surface area contributed by atoms with E-state index in [9.17, 15) is 4.79 Å². The fourth-order valence-corrected chi connectivity index (χ4v) is 4.15. The Balaban J connectivity index is 1.52. The number of carbonyl (C=O) groups excluding carboxylic acids is 1. The van der Waals surface area contributed by atoms with Crippen LogP contribution in [-0.4, -0.2) is 17.6 Å². The van der Waals surface area contributed by atoms with Gasteiger partial charge in [0.1, 0.15) is 0 Å². The van der Waals surface area contributed by atoms with Gasteiger partial charge in [-0.3, -0.25) is 4.79 Å². The van der Waals surface area contributed by atoms with Gasteiger partial charge in [-0.1, -0.05) is 30.3 Å². The van der Waals surface area contributed by atoms with Crippen molar-refractivity contribution in [2.45, 2.75) is 31.8 Å². The Morgan fingerprint density at radius 2 is 1.93 bits per heavy atom. The Kier molecular flexibility index (Phi) is 4.28. The van der Waals surface area contributed by atoms with Crippen LogP contribution in [0.2, 0.25) is 0 Å². The van der Waals surface area contributed by atoms with E-state index >= 15 is 0 Å². The van der Waals surface area contributed by atoms with Crippen molar-refractivity contribution in [3.63, 3.8) is 0 Å². The van der Waals surface area contributed by atoms with E-state index in [4.69, 9.17) is 13.9 Å². The number of amides is 1. The van der Waals surface area contributed by atoms with Crippen LogP contribution >= 0.6 is 0 Å². The van der Waals surface area contributed by atoms with Crippen molar-refractivity contribution in [1.29, 1.82) is 0 Å². The van der Waals surface area contributed by atoms with Gasteiger partial charge in [0, 0.05) is 6.54 Å². The zero-order valence-electron chi connectivity index (χ0n) is 15.5. The minimum Gasteiger partial charge on any atom is -0.459 e. The molecule has 0 saturated heterocycles. The average molecular weight is 375 g/mol. The second-order valence-electron chi connectivity index (χ2n) is 7.20. The lowest BCUT2D eigenvalue weighted by molar-refractivity contribution is 0.0605. The van der Waals surface area contributed by atoms with E-state index in [0.717, 1.165) is 36.3 Å². The normalized spacial score (nSPS) is 17.2. The summed E-state index contributed by atoms with van der Waals surface area (Å²) in [4.78, 5) is 15.3. The predicted octanol–water partition coefficient (Wildman–Crippen LogP) is 4.73. The lowest BCUT2D eigenvalue weighted by Crippen LogP contribution is -2.36. The molecule has 0 unspecified atom stereocenters. The van der Waals surface area contributed by atoms with Gasteiger partial charge in [0.05, 0.1) is 12.3 Å². The fourth-order valence-electron chi connectivity index (χ4n) is 4.15. The first-order chi connectivity index (χ1) is 13.8. The molecule has 2 aliphatic rings. The van der Waals surface area contributed by atoms with Crippen LogP contribution in [0.25, 0.3) is 0 Å². The first-order valence-electron chi connectivity index (χ1n) is 9.60. The molecule has 5 nitrogen and oxygen atoms in total. The first kappa shape index (κ1) is 16.9. The molecule has 0 spiro atoms. The van der Waals surface area contributed by atoms with Gasteiger partial charge in [0.15, 0.2) is 17.3 Å². The fraction of sp³-hybridized carbons (Fsp3) is 0.261. The molecule has 1 atom stereocenters. The van der Waals surface area contributed by atoms with Crippen molar-refractivity contribution >= 4 is 5.91 Å². The third-order valence-corrected chi connectivity index (χ3v) is 5.50.